The normalized spacial score (nSPS) is 9.97. The van der Waals surface area contributed by atoms with Crippen LogP contribution in [0.2, 0.25) is 0 Å². The van der Waals surface area contributed by atoms with Gasteiger partial charge in [0.05, 0.1) is 0 Å². The van der Waals surface area contributed by atoms with Gasteiger partial charge in [-0.05, 0) is 97.1 Å². The van der Waals surface area contributed by atoms with Gasteiger partial charge in [0.25, 0.3) is 0 Å². The van der Waals surface area contributed by atoms with Crippen molar-refractivity contribution in [3.8, 4) is 0 Å². The average Bonchev–Trinajstić information content (AvgIpc) is 3.36. The van der Waals surface area contributed by atoms with E-state index in [4.69, 9.17) is 0 Å². The molecule has 75 heavy (non-hydrogen) atoms. The zero-order valence-electron chi connectivity index (χ0n) is 41.0. The number of halogens is 8. The molecule has 1 radical (unpaired) electrons. The fraction of sp³-hybridized carbons (Fsp3) is 0.0714. The van der Waals surface area contributed by atoms with E-state index in [9.17, 15) is 55.4 Å². The first-order chi connectivity index (χ1) is 35.2. The number of hydrogen-bond acceptors (Lipinski definition) is 4. The molecule has 8 aromatic rings. The fourth-order valence-corrected chi connectivity index (χ4v) is 6.89. The molecule has 0 saturated carbocycles. The van der Waals surface area contributed by atoms with Gasteiger partial charge >= 0.3 is 31.6 Å². The van der Waals surface area contributed by atoms with Gasteiger partial charge in [0.2, 0.25) is 22.8 Å². The monoisotopic (exact) mass is 1080 g/mol. The van der Waals surface area contributed by atoms with Crippen LogP contribution in [0.1, 0.15) is 44.5 Å². The summed E-state index contributed by atoms with van der Waals surface area (Å²) in [4.78, 5) is 0. The molecule has 0 saturated heterocycles. The van der Waals surface area contributed by atoms with Crippen molar-refractivity contribution in [3.05, 3.63) is 308 Å². The van der Waals surface area contributed by atoms with Crippen molar-refractivity contribution < 1.29 is 70.5 Å². The second kappa shape index (κ2) is 32.7. The number of hydrogen-bond donors (Lipinski definition) is 0. The Hall–Kier alpha value is -8.27. The first kappa shape index (κ1) is 62.8. The summed E-state index contributed by atoms with van der Waals surface area (Å²) in [5, 5.41) is 46.5. The second-order valence-corrected chi connectivity index (χ2v) is 15.3. The Bertz CT molecular complexity index is 2390. The predicted octanol–water partition coefficient (Wildman–Crippen LogP) is 13.3. The summed E-state index contributed by atoms with van der Waals surface area (Å²) in [7, 11) is -5.91. The van der Waals surface area contributed by atoms with Crippen molar-refractivity contribution in [2.75, 3.05) is 28.2 Å². The van der Waals surface area contributed by atoms with Crippen LogP contribution in [0.4, 0.5) is 34.5 Å². The maximum atomic E-state index is 11.6. The Balaban J connectivity index is 0.000000321. The van der Waals surface area contributed by atoms with E-state index < -0.39 is 14.5 Å². The fourth-order valence-electron chi connectivity index (χ4n) is 6.89. The van der Waals surface area contributed by atoms with E-state index in [1.165, 1.54) is 28.2 Å². The van der Waals surface area contributed by atoms with E-state index in [2.05, 4.69) is 0 Å². The third-order valence-corrected chi connectivity index (χ3v) is 9.64. The molecular formula is C56H52B2CuF8N4O4. The molecule has 0 atom stereocenters. The molecule has 0 aromatic heterocycles. The molecule has 8 nitrogen and oxygen atoms in total. The molecule has 0 heterocycles. The zero-order valence-corrected chi connectivity index (χ0v) is 41.9. The van der Waals surface area contributed by atoms with Gasteiger partial charge in [-0.2, -0.15) is 0 Å². The van der Waals surface area contributed by atoms with E-state index in [-0.39, 0.29) is 17.1 Å². The Labute approximate surface area is 442 Å². The summed E-state index contributed by atoms with van der Waals surface area (Å²) < 4.78 is 81.6. The summed E-state index contributed by atoms with van der Waals surface area (Å²) >= 11 is 0. The molecule has 0 fully saturated rings. The Kier molecular flexibility index (Phi) is 27.4. The van der Waals surface area contributed by atoms with Crippen LogP contribution in [-0.2, 0) is 17.1 Å². The molecule has 0 N–H and O–H groups in total. The minimum Gasteiger partial charge on any atom is -0.624 e. The summed E-state index contributed by atoms with van der Waals surface area (Å²) in [6.07, 6.45) is 0. The van der Waals surface area contributed by atoms with Crippen molar-refractivity contribution >= 4 is 37.4 Å². The zero-order chi connectivity index (χ0) is 54.5. The Morgan fingerprint density at radius 2 is 0.320 bits per heavy atom. The maximum absolute atomic E-state index is 11.6. The summed E-state index contributed by atoms with van der Waals surface area (Å²) in [5.41, 5.74) is 10.3. The van der Waals surface area contributed by atoms with Crippen LogP contribution in [0, 0.1) is 20.8 Å². The Morgan fingerprint density at radius 3 is 0.387 bits per heavy atom. The van der Waals surface area contributed by atoms with Gasteiger partial charge in [-0.15, -0.1) is 0 Å². The van der Waals surface area contributed by atoms with Gasteiger partial charge in [-0.1, -0.05) is 146 Å². The minimum absolute atomic E-state index is 0. The van der Waals surface area contributed by atoms with Crippen LogP contribution in [0.15, 0.2) is 243 Å². The van der Waals surface area contributed by atoms with Crippen LogP contribution < -0.4 is 0 Å². The quantitative estimate of drug-likeness (QED) is 0.0377. The average molecular weight is 1080 g/mol. The van der Waals surface area contributed by atoms with Gasteiger partial charge < -0.3 is 55.4 Å². The molecule has 8 aromatic carbocycles. The first-order valence-corrected chi connectivity index (χ1v) is 22.4. The molecule has 0 amide bonds. The summed E-state index contributed by atoms with van der Waals surface area (Å²) in [5.74, 6) is 0. The van der Waals surface area contributed by atoms with Gasteiger partial charge in [-0.3, -0.25) is 0 Å². The summed E-state index contributed by atoms with van der Waals surface area (Å²) in [6, 6.07) is 77.5. The first-order valence-electron chi connectivity index (χ1n) is 22.4. The Morgan fingerprint density at radius 1 is 0.240 bits per heavy atom. The number of nitrogens with zero attached hydrogens (tertiary/aromatic N) is 4. The van der Waals surface area contributed by atoms with Crippen molar-refractivity contribution in [1.29, 1.82) is 0 Å². The molecular weight excluding hydrogens is 1030 g/mol. The maximum Gasteiger partial charge on any atom is 2.00 e. The van der Waals surface area contributed by atoms with Crippen molar-refractivity contribution in [2.45, 2.75) is 0 Å². The molecule has 0 unspecified atom stereocenters. The molecule has 0 bridgehead atoms. The third-order valence-electron chi connectivity index (χ3n) is 9.64. The predicted molar refractivity (Wildman–Crippen MR) is 283 cm³/mol. The minimum atomic E-state index is -6.00. The van der Waals surface area contributed by atoms with Crippen LogP contribution in [0.3, 0.4) is 0 Å². The molecule has 8 rings (SSSR count). The van der Waals surface area contributed by atoms with Gasteiger partial charge in [0.15, 0.2) is 0 Å². The number of hydroxylamine groups is 4. The molecule has 0 spiro atoms. The van der Waals surface area contributed by atoms with Crippen LogP contribution >= 0.6 is 0 Å². The second-order valence-electron chi connectivity index (χ2n) is 15.3. The van der Waals surface area contributed by atoms with E-state index in [0.29, 0.717) is 22.8 Å². The van der Waals surface area contributed by atoms with E-state index in [1.54, 1.807) is 0 Å². The standard InChI is InChI=1S/4C14H13NO.2BF4.Cu/c4*1-15(16)14(12-8-4-2-5-9-12)13-10-6-3-7-11-13;2*2-1(3,4)5;/h4*2-11H,1H3;;;/q;;;;2*-1;+2. The smallest absolute Gasteiger partial charge is 0.624 e. The molecule has 19 heteroatoms. The van der Waals surface area contributed by atoms with Crippen molar-refractivity contribution in [2.24, 2.45) is 0 Å². The van der Waals surface area contributed by atoms with E-state index in [1.807, 2.05) is 243 Å². The topological polar surface area (TPSA) is 104 Å². The van der Waals surface area contributed by atoms with Crippen molar-refractivity contribution in [3.63, 3.8) is 0 Å². The molecule has 393 valence electrons. The number of benzene rings is 8. The number of rotatable bonds is 8. The largest absolute Gasteiger partial charge is 2.00 e. The van der Waals surface area contributed by atoms with Crippen LogP contribution in [0.25, 0.3) is 0 Å². The molecule has 0 aliphatic heterocycles. The van der Waals surface area contributed by atoms with Gasteiger partial charge in [0.1, 0.15) is 28.2 Å². The molecule has 0 aliphatic rings. The van der Waals surface area contributed by atoms with Gasteiger partial charge in [-0.25, -0.2) is 19.0 Å². The summed E-state index contributed by atoms with van der Waals surface area (Å²) in [6.45, 7) is 0. The van der Waals surface area contributed by atoms with Crippen LogP contribution in [-0.4, -0.2) is 84.5 Å². The van der Waals surface area contributed by atoms with Crippen LogP contribution in [0.5, 0.6) is 0 Å². The molecule has 0 aliphatic carbocycles. The van der Waals surface area contributed by atoms with Gasteiger partial charge in [0, 0.05) is 44.5 Å². The van der Waals surface area contributed by atoms with E-state index >= 15 is 0 Å². The SMILES string of the molecule is C[N+]([O-])=C(c1ccccc1)c1ccccc1.C[N+]([O-])=C(c1ccccc1)c1ccccc1.C[N+]([O-])=C(c1ccccc1)c1ccccc1.C[N+]([O-])=C(c1ccccc1)c1ccccc1.F[B-](F)(F)F.F[B-](F)(F)F.[Cu+2]. The van der Waals surface area contributed by atoms with Crippen molar-refractivity contribution in [1.82, 2.24) is 0 Å². The third kappa shape index (κ3) is 24.8. The van der Waals surface area contributed by atoms with E-state index in [0.717, 1.165) is 63.5 Å².